The smallest absolute Gasteiger partial charge is 0.145 e. The second kappa shape index (κ2) is 6.51. The van der Waals surface area contributed by atoms with Crippen molar-refractivity contribution < 1.29 is 4.74 Å². The summed E-state index contributed by atoms with van der Waals surface area (Å²) in [6.45, 7) is 4.69. The number of aryl methyl sites for hydroxylation is 1. The summed E-state index contributed by atoms with van der Waals surface area (Å²) in [6, 6.07) is 1.83. The lowest BCUT2D eigenvalue weighted by atomic mass is 10.1. The number of nitrogens with two attached hydrogens (primary N) is 1. The van der Waals surface area contributed by atoms with Crippen molar-refractivity contribution in [3.05, 3.63) is 11.9 Å². The van der Waals surface area contributed by atoms with Gasteiger partial charge in [0.2, 0.25) is 0 Å². The summed E-state index contributed by atoms with van der Waals surface area (Å²) in [5.41, 5.74) is 2.58. The topological polar surface area (TPSA) is 85.1 Å². The molecule has 0 bridgehead atoms. The fourth-order valence-electron chi connectivity index (χ4n) is 1.99. The molecule has 0 spiro atoms. The lowest BCUT2D eigenvalue weighted by Crippen LogP contribution is -2.17. The van der Waals surface area contributed by atoms with Crippen molar-refractivity contribution in [2.45, 2.75) is 26.2 Å². The molecule has 18 heavy (non-hydrogen) atoms. The Hall–Kier alpha value is -1.40. The van der Waals surface area contributed by atoms with Gasteiger partial charge in [0.25, 0.3) is 0 Å². The normalized spacial score (nSPS) is 18.9. The molecule has 0 aromatic carbocycles. The highest BCUT2D eigenvalue weighted by molar-refractivity contribution is 5.46. The first kappa shape index (κ1) is 13.0. The molecule has 6 heteroatoms. The standard InChI is InChI=1S/C12H21N5O/c1-2-3-10-15-11(6-12(16-10)17-13)14-7-9-4-5-18-8-9/h6,9H,2-5,7-8,13H2,1H3,(H2,14,15,16,17). The van der Waals surface area contributed by atoms with E-state index in [2.05, 4.69) is 27.6 Å². The van der Waals surface area contributed by atoms with Crippen LogP contribution in [-0.2, 0) is 11.2 Å². The molecule has 1 aromatic rings. The minimum Gasteiger partial charge on any atom is -0.381 e. The van der Waals surface area contributed by atoms with Crippen molar-refractivity contribution in [3.63, 3.8) is 0 Å². The van der Waals surface area contributed by atoms with Crippen molar-refractivity contribution >= 4 is 11.6 Å². The number of anilines is 2. The summed E-state index contributed by atoms with van der Waals surface area (Å²) < 4.78 is 5.35. The lowest BCUT2D eigenvalue weighted by molar-refractivity contribution is 0.187. The van der Waals surface area contributed by atoms with Crippen LogP contribution < -0.4 is 16.6 Å². The molecule has 0 radical (unpaired) electrons. The third-order valence-corrected chi connectivity index (χ3v) is 2.99. The predicted octanol–water partition coefficient (Wildman–Crippen LogP) is 1.16. The van der Waals surface area contributed by atoms with Crippen LogP contribution in [0.4, 0.5) is 11.6 Å². The molecule has 100 valence electrons. The molecule has 6 nitrogen and oxygen atoms in total. The number of hydrazine groups is 1. The molecule has 2 heterocycles. The van der Waals surface area contributed by atoms with Gasteiger partial charge in [-0.15, -0.1) is 0 Å². The maximum absolute atomic E-state index is 5.41. The Bertz CT molecular complexity index is 379. The van der Waals surface area contributed by atoms with Gasteiger partial charge in [-0.2, -0.15) is 0 Å². The Labute approximate surface area is 107 Å². The van der Waals surface area contributed by atoms with E-state index in [0.717, 1.165) is 50.7 Å². The lowest BCUT2D eigenvalue weighted by Gasteiger charge is -2.12. The van der Waals surface area contributed by atoms with Crippen molar-refractivity contribution in [1.29, 1.82) is 0 Å². The summed E-state index contributed by atoms with van der Waals surface area (Å²) in [4.78, 5) is 8.78. The molecule has 1 atom stereocenters. The monoisotopic (exact) mass is 251 g/mol. The van der Waals surface area contributed by atoms with Crippen LogP contribution in [0, 0.1) is 5.92 Å². The molecule has 1 unspecified atom stereocenters. The van der Waals surface area contributed by atoms with Gasteiger partial charge < -0.3 is 15.5 Å². The van der Waals surface area contributed by atoms with Crippen LogP contribution in [0.2, 0.25) is 0 Å². The maximum Gasteiger partial charge on any atom is 0.145 e. The number of nitrogens with one attached hydrogen (secondary N) is 2. The van der Waals surface area contributed by atoms with Crippen LogP contribution in [0.15, 0.2) is 6.07 Å². The highest BCUT2D eigenvalue weighted by atomic mass is 16.5. The Kier molecular flexibility index (Phi) is 4.72. The van der Waals surface area contributed by atoms with Crippen LogP contribution in [0.1, 0.15) is 25.6 Å². The minimum atomic E-state index is 0.573. The Morgan fingerprint density at radius 1 is 1.44 bits per heavy atom. The van der Waals surface area contributed by atoms with Gasteiger partial charge in [-0.05, 0) is 12.8 Å². The van der Waals surface area contributed by atoms with Gasteiger partial charge in [0.05, 0.1) is 6.61 Å². The van der Waals surface area contributed by atoms with Gasteiger partial charge in [-0.1, -0.05) is 6.92 Å². The van der Waals surface area contributed by atoms with Crippen molar-refractivity contribution in [2.75, 3.05) is 30.5 Å². The molecule has 1 aromatic heterocycles. The van der Waals surface area contributed by atoms with E-state index in [1.54, 1.807) is 0 Å². The van der Waals surface area contributed by atoms with Crippen molar-refractivity contribution in [1.82, 2.24) is 9.97 Å². The third-order valence-electron chi connectivity index (χ3n) is 2.99. The summed E-state index contributed by atoms with van der Waals surface area (Å²) in [6.07, 6.45) is 2.99. The summed E-state index contributed by atoms with van der Waals surface area (Å²) in [5.74, 6) is 8.28. The summed E-state index contributed by atoms with van der Waals surface area (Å²) in [7, 11) is 0. The van der Waals surface area contributed by atoms with Crippen LogP contribution in [0.25, 0.3) is 0 Å². The first-order valence-electron chi connectivity index (χ1n) is 6.48. The number of aromatic nitrogens is 2. The predicted molar refractivity (Wildman–Crippen MR) is 71.3 cm³/mol. The fraction of sp³-hybridized carbons (Fsp3) is 0.667. The second-order valence-corrected chi connectivity index (χ2v) is 4.56. The van der Waals surface area contributed by atoms with Crippen molar-refractivity contribution in [3.8, 4) is 0 Å². The van der Waals surface area contributed by atoms with E-state index in [9.17, 15) is 0 Å². The first-order chi connectivity index (χ1) is 8.81. The number of nitrogens with zero attached hydrogens (tertiary/aromatic N) is 2. The SMILES string of the molecule is CCCc1nc(NN)cc(NCC2CCOC2)n1. The molecule has 1 fully saturated rings. The molecule has 0 saturated carbocycles. The highest BCUT2D eigenvalue weighted by Crippen LogP contribution is 2.15. The van der Waals surface area contributed by atoms with Crippen LogP contribution >= 0.6 is 0 Å². The zero-order valence-corrected chi connectivity index (χ0v) is 10.8. The fourth-order valence-corrected chi connectivity index (χ4v) is 1.99. The average Bonchev–Trinajstić information content (AvgIpc) is 2.89. The van der Waals surface area contributed by atoms with Gasteiger partial charge in [-0.3, -0.25) is 0 Å². The van der Waals surface area contributed by atoms with Gasteiger partial charge in [0, 0.05) is 31.6 Å². The van der Waals surface area contributed by atoms with E-state index in [1.807, 2.05) is 6.07 Å². The summed E-state index contributed by atoms with van der Waals surface area (Å²) >= 11 is 0. The third kappa shape index (κ3) is 3.54. The van der Waals surface area contributed by atoms with Crippen LogP contribution in [0.3, 0.4) is 0 Å². The van der Waals surface area contributed by atoms with E-state index in [-0.39, 0.29) is 0 Å². The van der Waals surface area contributed by atoms with E-state index in [1.165, 1.54) is 0 Å². The Balaban J connectivity index is 1.98. The molecule has 0 aliphatic carbocycles. The quantitative estimate of drug-likeness (QED) is 0.520. The van der Waals surface area contributed by atoms with Gasteiger partial charge in [-0.25, -0.2) is 15.8 Å². The molecule has 1 saturated heterocycles. The number of hydrogen-bond acceptors (Lipinski definition) is 6. The summed E-state index contributed by atoms with van der Waals surface area (Å²) in [5, 5.41) is 3.33. The highest BCUT2D eigenvalue weighted by Gasteiger charge is 2.15. The van der Waals surface area contributed by atoms with E-state index in [0.29, 0.717) is 11.7 Å². The van der Waals surface area contributed by atoms with Crippen molar-refractivity contribution in [2.24, 2.45) is 11.8 Å². The average molecular weight is 251 g/mol. The molecular weight excluding hydrogens is 230 g/mol. The zero-order chi connectivity index (χ0) is 12.8. The molecule has 2 rings (SSSR count). The van der Waals surface area contributed by atoms with Gasteiger partial charge in [0.15, 0.2) is 0 Å². The van der Waals surface area contributed by atoms with Gasteiger partial charge in [0.1, 0.15) is 17.5 Å². The number of hydrogen-bond donors (Lipinski definition) is 3. The largest absolute Gasteiger partial charge is 0.381 e. The minimum absolute atomic E-state index is 0.573. The Morgan fingerprint density at radius 3 is 2.94 bits per heavy atom. The van der Waals surface area contributed by atoms with E-state index >= 15 is 0 Å². The van der Waals surface area contributed by atoms with Gasteiger partial charge >= 0.3 is 0 Å². The zero-order valence-electron chi connectivity index (χ0n) is 10.8. The number of ether oxygens (including phenoxy) is 1. The number of rotatable bonds is 6. The maximum atomic E-state index is 5.41. The molecule has 4 N–H and O–H groups in total. The van der Waals surface area contributed by atoms with E-state index < -0.39 is 0 Å². The first-order valence-corrected chi connectivity index (χ1v) is 6.48. The molecule has 1 aliphatic heterocycles. The molecule has 0 amide bonds. The van der Waals surface area contributed by atoms with E-state index in [4.69, 9.17) is 10.6 Å². The van der Waals surface area contributed by atoms with Crippen LogP contribution in [0.5, 0.6) is 0 Å². The second-order valence-electron chi connectivity index (χ2n) is 4.56. The number of nitrogen functional groups attached to an aromatic ring is 1. The van der Waals surface area contributed by atoms with Crippen LogP contribution in [-0.4, -0.2) is 29.7 Å². The molecule has 1 aliphatic rings. The molecular formula is C12H21N5O. The Morgan fingerprint density at radius 2 is 2.28 bits per heavy atom.